The van der Waals surface area contributed by atoms with Crippen LogP contribution >= 0.6 is 15.9 Å². The van der Waals surface area contributed by atoms with Gasteiger partial charge in [-0.1, -0.05) is 15.9 Å². The third-order valence-electron chi connectivity index (χ3n) is 3.96. The summed E-state index contributed by atoms with van der Waals surface area (Å²) in [5, 5.41) is 3.42. The number of anilines is 1. The summed E-state index contributed by atoms with van der Waals surface area (Å²) in [5.74, 6) is 1.87. The van der Waals surface area contributed by atoms with Crippen molar-refractivity contribution in [1.82, 2.24) is 9.97 Å². The van der Waals surface area contributed by atoms with Crippen molar-refractivity contribution in [3.8, 4) is 11.4 Å². The minimum atomic E-state index is 0.844. The normalized spacial score (nSPS) is 13.9. The van der Waals surface area contributed by atoms with Crippen LogP contribution in [-0.4, -0.2) is 16.5 Å². The molecular weight excluding hydrogens is 326 g/mol. The van der Waals surface area contributed by atoms with Crippen LogP contribution in [0.25, 0.3) is 11.4 Å². The van der Waals surface area contributed by atoms with E-state index in [1.54, 1.807) is 0 Å². The Kier molecular flexibility index (Phi) is 4.24. The summed E-state index contributed by atoms with van der Waals surface area (Å²) in [6.07, 6.45) is 4.63. The van der Waals surface area contributed by atoms with Crippen LogP contribution in [-0.2, 0) is 12.8 Å². The summed E-state index contributed by atoms with van der Waals surface area (Å²) < 4.78 is 1.09. The van der Waals surface area contributed by atoms with Crippen molar-refractivity contribution in [3.63, 3.8) is 0 Å². The van der Waals surface area contributed by atoms with Crippen LogP contribution in [0.3, 0.4) is 0 Å². The number of aromatic nitrogens is 2. The minimum Gasteiger partial charge on any atom is -0.370 e. The van der Waals surface area contributed by atoms with Gasteiger partial charge in [0.05, 0.1) is 0 Å². The van der Waals surface area contributed by atoms with Gasteiger partial charge in [-0.3, -0.25) is 0 Å². The van der Waals surface area contributed by atoms with Crippen LogP contribution in [0.2, 0.25) is 0 Å². The molecule has 0 fully saturated rings. The van der Waals surface area contributed by atoms with Crippen LogP contribution in [0.1, 0.15) is 36.6 Å². The molecule has 1 aliphatic carbocycles. The van der Waals surface area contributed by atoms with Gasteiger partial charge in [-0.15, -0.1) is 0 Å². The lowest BCUT2D eigenvalue weighted by molar-refractivity contribution is 0.664. The number of nitrogens with zero attached hydrogens (tertiary/aromatic N) is 2. The minimum absolute atomic E-state index is 0.844. The number of aryl methyl sites for hydroxylation is 2. The van der Waals surface area contributed by atoms with Gasteiger partial charge in [0.2, 0.25) is 0 Å². The van der Waals surface area contributed by atoms with Crippen LogP contribution in [0.5, 0.6) is 0 Å². The summed E-state index contributed by atoms with van der Waals surface area (Å²) >= 11 is 3.52. The molecule has 0 unspecified atom stereocenters. The highest BCUT2D eigenvalue weighted by atomic mass is 79.9. The fraction of sp³-hybridized carbons (Fsp3) is 0.412. The molecule has 0 atom stereocenters. The van der Waals surface area contributed by atoms with Gasteiger partial charge >= 0.3 is 0 Å². The topological polar surface area (TPSA) is 37.8 Å². The lowest BCUT2D eigenvalue weighted by Crippen LogP contribution is -2.13. The van der Waals surface area contributed by atoms with Gasteiger partial charge < -0.3 is 5.32 Å². The van der Waals surface area contributed by atoms with E-state index in [-0.39, 0.29) is 0 Å². The zero-order valence-corrected chi connectivity index (χ0v) is 14.1. The number of rotatable bonds is 3. The third-order valence-corrected chi connectivity index (χ3v) is 4.45. The first kappa shape index (κ1) is 14.5. The predicted octanol–water partition coefficient (Wildman–Crippen LogP) is 4.53. The Morgan fingerprint density at radius 1 is 1.19 bits per heavy atom. The Labute approximate surface area is 134 Å². The maximum atomic E-state index is 4.85. The Bertz CT molecular complexity index is 667. The molecule has 1 aromatic heterocycles. The second-order valence-electron chi connectivity index (χ2n) is 5.52. The molecule has 0 amide bonds. The molecule has 0 saturated heterocycles. The lowest BCUT2D eigenvalue weighted by atomic mass is 9.96. The molecule has 0 saturated carbocycles. The summed E-state index contributed by atoms with van der Waals surface area (Å²) in [7, 11) is 0. The molecule has 0 aliphatic heterocycles. The first-order chi connectivity index (χ1) is 10.2. The highest BCUT2D eigenvalue weighted by molar-refractivity contribution is 9.10. The second kappa shape index (κ2) is 6.14. The van der Waals surface area contributed by atoms with Gasteiger partial charge in [0, 0.05) is 27.8 Å². The number of halogens is 1. The van der Waals surface area contributed by atoms with Crippen molar-refractivity contribution < 1.29 is 0 Å². The Balaban J connectivity index is 2.12. The Hall–Kier alpha value is -1.42. The smallest absolute Gasteiger partial charge is 0.162 e. The van der Waals surface area contributed by atoms with Crippen LogP contribution in [0.4, 0.5) is 5.82 Å². The highest BCUT2D eigenvalue weighted by Gasteiger charge is 2.18. The van der Waals surface area contributed by atoms with E-state index < -0.39 is 0 Å². The van der Waals surface area contributed by atoms with E-state index in [0.717, 1.165) is 41.1 Å². The van der Waals surface area contributed by atoms with E-state index in [1.165, 1.54) is 29.7 Å². The fourth-order valence-corrected chi connectivity index (χ4v) is 3.38. The van der Waals surface area contributed by atoms with Gasteiger partial charge in [-0.2, -0.15) is 0 Å². The Morgan fingerprint density at radius 3 is 2.76 bits per heavy atom. The average molecular weight is 346 g/mol. The SMILES string of the molecule is CCNc1nc(-c2ccc(Br)cc2C)nc2c1CCCC2. The summed E-state index contributed by atoms with van der Waals surface area (Å²) in [6.45, 7) is 5.11. The molecule has 21 heavy (non-hydrogen) atoms. The van der Waals surface area contributed by atoms with Crippen molar-refractivity contribution >= 4 is 21.7 Å². The average Bonchev–Trinajstić information content (AvgIpc) is 2.47. The highest BCUT2D eigenvalue weighted by Crippen LogP contribution is 2.30. The van der Waals surface area contributed by atoms with Crippen molar-refractivity contribution in [2.45, 2.75) is 39.5 Å². The number of nitrogens with one attached hydrogen (secondary N) is 1. The van der Waals surface area contributed by atoms with Crippen LogP contribution in [0.15, 0.2) is 22.7 Å². The summed E-state index contributed by atoms with van der Waals surface area (Å²) in [6, 6.07) is 6.27. The number of hydrogen-bond donors (Lipinski definition) is 1. The quantitative estimate of drug-likeness (QED) is 0.888. The van der Waals surface area contributed by atoms with Crippen molar-refractivity contribution in [3.05, 3.63) is 39.5 Å². The molecule has 1 heterocycles. The van der Waals surface area contributed by atoms with Crippen molar-refractivity contribution in [2.75, 3.05) is 11.9 Å². The first-order valence-corrected chi connectivity index (χ1v) is 8.38. The first-order valence-electron chi connectivity index (χ1n) is 7.59. The van der Waals surface area contributed by atoms with Crippen molar-refractivity contribution in [2.24, 2.45) is 0 Å². The molecule has 1 aliphatic rings. The van der Waals surface area contributed by atoms with E-state index >= 15 is 0 Å². The van der Waals surface area contributed by atoms with E-state index in [9.17, 15) is 0 Å². The predicted molar refractivity (Wildman–Crippen MR) is 90.7 cm³/mol. The maximum absolute atomic E-state index is 4.85. The second-order valence-corrected chi connectivity index (χ2v) is 6.43. The zero-order chi connectivity index (χ0) is 14.8. The van der Waals surface area contributed by atoms with E-state index in [0.29, 0.717) is 0 Å². The molecule has 2 aromatic rings. The number of benzene rings is 1. The number of hydrogen-bond acceptors (Lipinski definition) is 3. The van der Waals surface area contributed by atoms with E-state index in [1.807, 2.05) is 0 Å². The molecule has 3 nitrogen and oxygen atoms in total. The fourth-order valence-electron chi connectivity index (χ4n) is 2.91. The van der Waals surface area contributed by atoms with Crippen LogP contribution in [0, 0.1) is 6.92 Å². The standard InChI is InChI=1S/C17H20BrN3/c1-3-19-16-14-6-4-5-7-15(14)20-17(21-16)13-9-8-12(18)10-11(13)2/h8-10H,3-7H2,1-2H3,(H,19,20,21). The molecule has 110 valence electrons. The van der Waals surface area contributed by atoms with Gasteiger partial charge in [0.15, 0.2) is 5.82 Å². The molecule has 1 aromatic carbocycles. The van der Waals surface area contributed by atoms with Crippen LogP contribution < -0.4 is 5.32 Å². The molecular formula is C17H20BrN3. The zero-order valence-electron chi connectivity index (χ0n) is 12.5. The van der Waals surface area contributed by atoms with Crippen molar-refractivity contribution in [1.29, 1.82) is 0 Å². The molecule has 4 heteroatoms. The van der Waals surface area contributed by atoms with Gasteiger partial charge in [-0.05, 0) is 63.3 Å². The largest absolute Gasteiger partial charge is 0.370 e. The van der Waals surface area contributed by atoms with E-state index in [4.69, 9.17) is 9.97 Å². The monoisotopic (exact) mass is 345 g/mol. The maximum Gasteiger partial charge on any atom is 0.162 e. The van der Waals surface area contributed by atoms with Gasteiger partial charge in [0.1, 0.15) is 5.82 Å². The van der Waals surface area contributed by atoms with Gasteiger partial charge in [-0.25, -0.2) is 9.97 Å². The van der Waals surface area contributed by atoms with E-state index in [2.05, 4.69) is 53.3 Å². The molecule has 0 bridgehead atoms. The molecule has 0 radical (unpaired) electrons. The molecule has 1 N–H and O–H groups in total. The summed E-state index contributed by atoms with van der Waals surface area (Å²) in [4.78, 5) is 9.65. The van der Waals surface area contributed by atoms with Gasteiger partial charge in [0.25, 0.3) is 0 Å². The number of fused-ring (bicyclic) bond motifs is 1. The summed E-state index contributed by atoms with van der Waals surface area (Å²) in [5.41, 5.74) is 4.86. The third kappa shape index (κ3) is 2.95. The molecule has 3 rings (SSSR count). The molecule has 0 spiro atoms. The lowest BCUT2D eigenvalue weighted by Gasteiger charge is -2.20. The Morgan fingerprint density at radius 2 is 2.00 bits per heavy atom.